The molecule has 1 amide bonds. The molecule has 37 heavy (non-hydrogen) atoms. The van der Waals surface area contributed by atoms with E-state index >= 15 is 0 Å². The van der Waals surface area contributed by atoms with Crippen molar-refractivity contribution in [2.75, 3.05) is 12.4 Å². The van der Waals surface area contributed by atoms with Crippen molar-refractivity contribution in [1.29, 1.82) is 0 Å². The quantitative estimate of drug-likeness (QED) is 0.234. The molecule has 0 saturated carbocycles. The number of anilines is 1. The summed E-state index contributed by atoms with van der Waals surface area (Å²) in [6.45, 7) is 4.38. The van der Waals surface area contributed by atoms with Crippen molar-refractivity contribution in [1.82, 2.24) is 10.3 Å². The molecule has 1 heterocycles. The molecule has 1 atom stereocenters. The van der Waals surface area contributed by atoms with Crippen LogP contribution >= 0.6 is 12.2 Å². The minimum absolute atomic E-state index is 0.187. The third-order valence-corrected chi connectivity index (χ3v) is 6.73. The summed E-state index contributed by atoms with van der Waals surface area (Å²) in [7, 11) is 1.54. The first-order valence-corrected chi connectivity index (χ1v) is 12.6. The third-order valence-electron chi connectivity index (χ3n) is 6.52. The minimum atomic E-state index is -0.347. The van der Waals surface area contributed by atoms with E-state index in [0.717, 1.165) is 39.5 Å². The standard InChI is InChI=1S/C30H27N3O3S/c1-4-18(2)20-11-14-26-25(16-20)32-29(36-26)19-9-12-23(13-10-19)31-30(37)33-28(34)24-15-21-7-5-6-8-22(21)17-27(24)35-3/h5-18H,4H2,1-3H3,(H2,31,33,34,37). The van der Waals surface area contributed by atoms with E-state index in [1.54, 1.807) is 13.2 Å². The van der Waals surface area contributed by atoms with Gasteiger partial charge in [0.05, 0.1) is 12.7 Å². The van der Waals surface area contributed by atoms with Gasteiger partial charge in [0.25, 0.3) is 5.91 Å². The highest BCUT2D eigenvalue weighted by molar-refractivity contribution is 7.80. The number of amides is 1. The van der Waals surface area contributed by atoms with Crippen LogP contribution < -0.4 is 15.4 Å². The van der Waals surface area contributed by atoms with Crippen molar-refractivity contribution in [3.63, 3.8) is 0 Å². The largest absolute Gasteiger partial charge is 0.496 e. The smallest absolute Gasteiger partial charge is 0.261 e. The number of hydrogen-bond acceptors (Lipinski definition) is 5. The van der Waals surface area contributed by atoms with Crippen LogP contribution in [0.5, 0.6) is 5.75 Å². The maximum absolute atomic E-state index is 12.9. The molecule has 6 nitrogen and oxygen atoms in total. The van der Waals surface area contributed by atoms with Crippen LogP contribution in [0.15, 0.2) is 83.3 Å². The second-order valence-electron chi connectivity index (χ2n) is 8.94. The molecule has 2 N–H and O–H groups in total. The number of thiocarbonyl (C=S) groups is 1. The predicted molar refractivity (Wildman–Crippen MR) is 152 cm³/mol. The number of benzene rings is 4. The van der Waals surface area contributed by atoms with Gasteiger partial charge < -0.3 is 14.5 Å². The fraction of sp³-hybridized carbons (Fsp3) is 0.167. The summed E-state index contributed by atoms with van der Waals surface area (Å²) in [5, 5.41) is 7.92. The van der Waals surface area contributed by atoms with Gasteiger partial charge in [-0.05, 0) is 89.4 Å². The maximum atomic E-state index is 12.9. The van der Waals surface area contributed by atoms with E-state index in [1.165, 1.54) is 5.56 Å². The van der Waals surface area contributed by atoms with Crippen LogP contribution in [0.4, 0.5) is 5.69 Å². The van der Waals surface area contributed by atoms with Crippen LogP contribution in [-0.4, -0.2) is 23.1 Å². The molecule has 7 heteroatoms. The van der Waals surface area contributed by atoms with Gasteiger partial charge in [0.1, 0.15) is 11.3 Å². The topological polar surface area (TPSA) is 76.4 Å². The molecule has 5 rings (SSSR count). The van der Waals surface area contributed by atoms with Gasteiger partial charge in [0, 0.05) is 11.3 Å². The van der Waals surface area contributed by atoms with Crippen molar-refractivity contribution in [2.24, 2.45) is 0 Å². The average Bonchev–Trinajstić information content (AvgIpc) is 3.35. The zero-order valence-electron chi connectivity index (χ0n) is 20.9. The van der Waals surface area contributed by atoms with Crippen LogP contribution in [0, 0.1) is 0 Å². The van der Waals surface area contributed by atoms with Gasteiger partial charge in [-0.3, -0.25) is 10.1 Å². The van der Waals surface area contributed by atoms with Gasteiger partial charge in [-0.2, -0.15) is 0 Å². The zero-order valence-corrected chi connectivity index (χ0v) is 21.7. The number of hydrogen-bond donors (Lipinski definition) is 2. The number of rotatable bonds is 6. The molecule has 0 bridgehead atoms. The first-order valence-electron chi connectivity index (χ1n) is 12.1. The van der Waals surface area contributed by atoms with Crippen LogP contribution in [-0.2, 0) is 0 Å². The normalized spacial score (nSPS) is 11.9. The highest BCUT2D eigenvalue weighted by Crippen LogP contribution is 2.29. The summed E-state index contributed by atoms with van der Waals surface area (Å²) in [5.41, 5.74) is 4.86. The van der Waals surface area contributed by atoms with Crippen molar-refractivity contribution in [3.8, 4) is 17.2 Å². The van der Waals surface area contributed by atoms with Gasteiger partial charge in [0.2, 0.25) is 5.89 Å². The van der Waals surface area contributed by atoms with Gasteiger partial charge in [0.15, 0.2) is 10.7 Å². The van der Waals surface area contributed by atoms with E-state index < -0.39 is 0 Å². The summed E-state index contributed by atoms with van der Waals surface area (Å²) in [5.74, 6) is 1.17. The fourth-order valence-electron chi connectivity index (χ4n) is 4.20. The molecular weight excluding hydrogens is 482 g/mol. The lowest BCUT2D eigenvalue weighted by molar-refractivity contribution is 0.0975. The molecule has 0 saturated heterocycles. The molecule has 186 valence electrons. The first-order chi connectivity index (χ1) is 17.9. The Labute approximate surface area is 220 Å². The summed E-state index contributed by atoms with van der Waals surface area (Å²) < 4.78 is 11.4. The second kappa shape index (κ2) is 10.4. The summed E-state index contributed by atoms with van der Waals surface area (Å²) in [6.07, 6.45) is 1.07. The number of aromatic nitrogens is 1. The molecule has 1 unspecified atom stereocenters. The van der Waals surface area contributed by atoms with Crippen LogP contribution in [0.2, 0.25) is 0 Å². The number of fused-ring (bicyclic) bond motifs is 2. The Morgan fingerprint density at radius 1 is 1.03 bits per heavy atom. The van der Waals surface area contributed by atoms with Gasteiger partial charge in [-0.25, -0.2) is 4.98 Å². The van der Waals surface area contributed by atoms with Gasteiger partial charge >= 0.3 is 0 Å². The summed E-state index contributed by atoms with van der Waals surface area (Å²) in [4.78, 5) is 17.6. The number of nitrogens with zero attached hydrogens (tertiary/aromatic N) is 1. The molecule has 1 aromatic heterocycles. The van der Waals surface area contributed by atoms with E-state index in [4.69, 9.17) is 21.4 Å². The maximum Gasteiger partial charge on any atom is 0.261 e. The van der Waals surface area contributed by atoms with Crippen molar-refractivity contribution in [3.05, 3.63) is 90.0 Å². The number of carbonyl (C=O) groups excluding carboxylic acids is 1. The molecule has 0 aliphatic rings. The van der Waals surface area contributed by atoms with Crippen molar-refractivity contribution < 1.29 is 13.9 Å². The third kappa shape index (κ3) is 5.17. The zero-order chi connectivity index (χ0) is 25.9. The number of methoxy groups -OCH3 is 1. The second-order valence-corrected chi connectivity index (χ2v) is 9.35. The lowest BCUT2D eigenvalue weighted by atomic mass is 9.98. The Bertz CT molecular complexity index is 1610. The Kier molecular flexibility index (Phi) is 6.88. The number of ether oxygens (including phenoxy) is 1. The Morgan fingerprint density at radius 2 is 1.76 bits per heavy atom. The molecule has 5 aromatic rings. The van der Waals surface area contributed by atoms with Crippen LogP contribution in [0.25, 0.3) is 33.3 Å². The highest BCUT2D eigenvalue weighted by Gasteiger charge is 2.16. The monoisotopic (exact) mass is 509 g/mol. The van der Waals surface area contributed by atoms with Crippen LogP contribution in [0.3, 0.4) is 0 Å². The average molecular weight is 510 g/mol. The van der Waals surface area contributed by atoms with E-state index in [0.29, 0.717) is 23.1 Å². The fourth-order valence-corrected chi connectivity index (χ4v) is 4.42. The number of carbonyl (C=O) groups is 1. The molecule has 0 spiro atoms. The summed E-state index contributed by atoms with van der Waals surface area (Å²) >= 11 is 5.39. The van der Waals surface area contributed by atoms with E-state index in [2.05, 4.69) is 41.6 Å². The predicted octanol–water partition coefficient (Wildman–Crippen LogP) is 7.30. The van der Waals surface area contributed by atoms with E-state index in [9.17, 15) is 4.79 Å². The Morgan fingerprint density at radius 3 is 2.46 bits per heavy atom. The van der Waals surface area contributed by atoms with Gasteiger partial charge in [-0.15, -0.1) is 0 Å². The number of oxazole rings is 1. The molecule has 0 fully saturated rings. The Hall–Kier alpha value is -4.23. The van der Waals surface area contributed by atoms with Crippen molar-refractivity contribution >= 4 is 50.8 Å². The highest BCUT2D eigenvalue weighted by atomic mass is 32.1. The van der Waals surface area contributed by atoms with Gasteiger partial charge in [-0.1, -0.05) is 44.2 Å². The first kappa shape index (κ1) is 24.5. The van der Waals surface area contributed by atoms with E-state index in [-0.39, 0.29) is 11.0 Å². The molecule has 0 radical (unpaired) electrons. The van der Waals surface area contributed by atoms with E-state index in [1.807, 2.05) is 60.7 Å². The minimum Gasteiger partial charge on any atom is -0.496 e. The molecule has 0 aliphatic heterocycles. The molecular formula is C30H27N3O3S. The Balaban J connectivity index is 1.28. The lowest BCUT2D eigenvalue weighted by Gasteiger charge is -2.13. The molecule has 0 aliphatic carbocycles. The van der Waals surface area contributed by atoms with Crippen LogP contribution in [0.1, 0.15) is 42.1 Å². The van der Waals surface area contributed by atoms with Crippen molar-refractivity contribution in [2.45, 2.75) is 26.2 Å². The summed E-state index contributed by atoms with van der Waals surface area (Å²) in [6, 6.07) is 25.1. The lowest BCUT2D eigenvalue weighted by Crippen LogP contribution is -2.34. The number of nitrogens with one attached hydrogen (secondary N) is 2. The SMILES string of the molecule is CCC(C)c1ccc2oc(-c3ccc(NC(=S)NC(=O)c4cc5ccccc5cc4OC)cc3)nc2c1. The molecule has 4 aromatic carbocycles.